The van der Waals surface area contributed by atoms with Crippen molar-refractivity contribution in [3.63, 3.8) is 0 Å². The van der Waals surface area contributed by atoms with Gasteiger partial charge in [-0.3, -0.25) is 9.08 Å². The van der Waals surface area contributed by atoms with Gasteiger partial charge in [0.05, 0.1) is 18.1 Å². The maximum atomic E-state index is 15.1. The lowest BCUT2D eigenvalue weighted by Gasteiger charge is -2.27. The van der Waals surface area contributed by atoms with Crippen molar-refractivity contribution in [1.29, 1.82) is 0 Å². The number of rotatable bonds is 24. The van der Waals surface area contributed by atoms with E-state index in [0.29, 0.717) is 12.8 Å². The predicted octanol–water partition coefficient (Wildman–Crippen LogP) is 9.34. The summed E-state index contributed by atoms with van der Waals surface area (Å²) in [5.41, 5.74) is -5.38. The minimum absolute atomic E-state index is 0.0420. The number of benzene rings is 3. The molecule has 0 radical (unpaired) electrons. The Hall–Kier alpha value is -8.29. The first kappa shape index (κ1) is 71.8. The van der Waals surface area contributed by atoms with Crippen LogP contribution in [0.2, 0.25) is 0 Å². The number of esters is 4. The maximum Gasteiger partial charge on any atom is 0.478 e. The van der Waals surface area contributed by atoms with Gasteiger partial charge in [0, 0.05) is 33.4 Å². The third-order valence-electron chi connectivity index (χ3n) is 10.2. The van der Waals surface area contributed by atoms with Gasteiger partial charge in [0.25, 0.3) is 0 Å². The highest BCUT2D eigenvalue weighted by molar-refractivity contribution is 7.93. The molecule has 1 fully saturated rings. The van der Waals surface area contributed by atoms with E-state index in [1.54, 1.807) is 6.07 Å². The Morgan fingerprint density at radius 1 is 0.476 bits per heavy atom. The summed E-state index contributed by atoms with van der Waals surface area (Å²) in [4.78, 5) is 76.7. The van der Waals surface area contributed by atoms with Gasteiger partial charge in [0.2, 0.25) is 9.84 Å². The smallest absolute Gasteiger partial charge is 0.462 e. The Bertz CT molecular complexity index is 3130. The molecular formula is C52H53F10N3O17S2. The van der Waals surface area contributed by atoms with Gasteiger partial charge in [0.1, 0.15) is 26.4 Å². The van der Waals surface area contributed by atoms with Crippen LogP contribution in [0.25, 0.3) is 0 Å². The van der Waals surface area contributed by atoms with Gasteiger partial charge < -0.3 is 28.6 Å². The highest BCUT2D eigenvalue weighted by Crippen LogP contribution is 2.37. The molecule has 0 aromatic heterocycles. The Kier molecular flexibility index (Phi) is 27.8. The second-order valence-electron chi connectivity index (χ2n) is 17.1. The SMILES string of the molecule is C=C(C)C(=O)O/N=C(\c1ccccc1)C(F)(F)S(=O)(=O)C1CCCCC1.C=C(C)C(=O)OCCOC(=O)C(F)(F)S(=O)(=O)O/N=C(\c1ccccc1)C(F)(F)F.C=C(C)C(=O)OCCOC(=O)CCC(=O)O/N=C(\c1ccccc1)C(F)(F)F. The fourth-order valence-corrected chi connectivity index (χ4v) is 8.35. The van der Waals surface area contributed by atoms with Gasteiger partial charge in [-0.25, -0.2) is 32.4 Å². The summed E-state index contributed by atoms with van der Waals surface area (Å²) in [7, 11) is -11.2. The van der Waals surface area contributed by atoms with E-state index >= 15 is 8.78 Å². The Morgan fingerprint density at radius 3 is 1.26 bits per heavy atom. The summed E-state index contributed by atoms with van der Waals surface area (Å²) in [6.45, 7) is 11.9. The van der Waals surface area contributed by atoms with Gasteiger partial charge in [-0.15, -0.1) is 0 Å². The standard InChI is InChI=1S/C18H18F3NO6.C18H21F2NO4S.C16H14F5NO7S/c1-12(2)17(25)27-11-10-26-14(23)8-9-15(24)28-22-16(18(19,20)21)13-6-4-3-5-7-13;1-13(2)17(22)25-21-16(14-9-5-3-6-10-14)18(19,20)26(23,24)15-11-7-4-8-12-15;1-10(2)13(23)27-8-9-28-14(24)16(20,21)30(25,26)29-22-12(15(17,18)19)11-6-4-3-5-7-11/h3-7H,1,8-11H2,2H3;3,5-6,9-10,15H,1,4,7-8,11-12H2,2H3;3-7H,1,8-9H2,2H3/b22-16+;21-16+;22-12+. The number of alkyl halides is 10. The molecule has 3 aromatic carbocycles. The van der Waals surface area contributed by atoms with E-state index in [4.69, 9.17) is 4.74 Å². The van der Waals surface area contributed by atoms with Crippen LogP contribution in [0.4, 0.5) is 43.9 Å². The Morgan fingerprint density at radius 2 is 0.845 bits per heavy atom. The lowest BCUT2D eigenvalue weighted by Crippen LogP contribution is -2.45. The zero-order chi connectivity index (χ0) is 63.7. The minimum atomic E-state index is -6.31. The van der Waals surface area contributed by atoms with E-state index in [1.165, 1.54) is 69.3 Å². The van der Waals surface area contributed by atoms with Crippen molar-refractivity contribution in [2.24, 2.45) is 15.5 Å². The van der Waals surface area contributed by atoms with Gasteiger partial charge in [-0.2, -0.15) is 52.3 Å². The molecule has 20 nitrogen and oxygen atoms in total. The number of carbonyl (C=O) groups is 6. The number of hydrogen-bond acceptors (Lipinski definition) is 20. The maximum absolute atomic E-state index is 15.1. The third kappa shape index (κ3) is 22.8. The molecule has 0 spiro atoms. The van der Waals surface area contributed by atoms with E-state index in [-0.39, 0.29) is 53.9 Å². The van der Waals surface area contributed by atoms with Crippen LogP contribution in [0.5, 0.6) is 0 Å². The molecule has 1 aliphatic rings. The number of sulfone groups is 1. The lowest BCUT2D eigenvalue weighted by atomic mass is 10.0. The van der Waals surface area contributed by atoms with Gasteiger partial charge >= 0.3 is 68.8 Å². The van der Waals surface area contributed by atoms with Crippen molar-refractivity contribution in [2.75, 3.05) is 26.4 Å². The molecule has 3 aromatic rings. The van der Waals surface area contributed by atoms with Crippen molar-refractivity contribution in [3.8, 4) is 0 Å². The topological polar surface area (TPSA) is 272 Å². The molecule has 460 valence electrons. The van der Waals surface area contributed by atoms with Crippen molar-refractivity contribution < 1.29 is 122 Å². The number of nitrogens with zero attached hydrogens (tertiary/aromatic N) is 3. The van der Waals surface area contributed by atoms with Crippen LogP contribution in [-0.2, 0) is 81.6 Å². The number of oxime groups is 3. The summed E-state index contributed by atoms with van der Waals surface area (Å²) >= 11 is 0. The van der Waals surface area contributed by atoms with Crippen LogP contribution in [0.15, 0.2) is 143 Å². The molecule has 0 atom stereocenters. The molecule has 0 amide bonds. The van der Waals surface area contributed by atoms with Crippen molar-refractivity contribution >= 4 is 72.9 Å². The molecule has 0 saturated heterocycles. The summed E-state index contributed by atoms with van der Waals surface area (Å²) in [5.74, 6) is -7.20. The highest BCUT2D eigenvalue weighted by Gasteiger charge is 2.58. The number of halogens is 10. The molecular weight excluding hydrogens is 1190 g/mol. The average Bonchev–Trinajstić information content (AvgIpc) is 1.43. The Labute approximate surface area is 473 Å². The van der Waals surface area contributed by atoms with E-state index in [0.717, 1.165) is 42.8 Å². The van der Waals surface area contributed by atoms with Gasteiger partial charge in [-0.05, 0) is 33.6 Å². The molecule has 0 aliphatic heterocycles. The fraction of sp³-hybridized carbons (Fsp3) is 0.365. The van der Waals surface area contributed by atoms with Crippen molar-refractivity contribution in [3.05, 3.63) is 144 Å². The highest BCUT2D eigenvalue weighted by atomic mass is 32.2. The second-order valence-corrected chi connectivity index (χ2v) is 20.9. The third-order valence-corrected chi connectivity index (χ3v) is 13.6. The monoisotopic (exact) mass is 1250 g/mol. The molecule has 0 heterocycles. The molecule has 0 unspecified atom stereocenters. The zero-order valence-corrected chi connectivity index (χ0v) is 46.1. The van der Waals surface area contributed by atoms with Crippen LogP contribution < -0.4 is 0 Å². The molecule has 84 heavy (non-hydrogen) atoms. The first-order valence-corrected chi connectivity index (χ1v) is 27.0. The molecule has 1 aliphatic carbocycles. The normalized spacial score (nSPS) is 13.7. The lowest BCUT2D eigenvalue weighted by molar-refractivity contribution is -0.164. The van der Waals surface area contributed by atoms with Crippen LogP contribution in [0.3, 0.4) is 0 Å². The van der Waals surface area contributed by atoms with E-state index in [1.807, 2.05) is 0 Å². The molecule has 4 rings (SSSR count). The van der Waals surface area contributed by atoms with Gasteiger partial charge in [-0.1, -0.05) is 145 Å². The summed E-state index contributed by atoms with van der Waals surface area (Å²) in [6.07, 6.45) is -8.69. The zero-order valence-electron chi connectivity index (χ0n) is 44.5. The molecule has 1 saturated carbocycles. The first-order valence-electron chi connectivity index (χ1n) is 24.0. The van der Waals surface area contributed by atoms with Crippen LogP contribution in [0.1, 0.15) is 82.4 Å². The van der Waals surface area contributed by atoms with E-state index in [9.17, 15) is 80.7 Å². The fourth-order valence-electron chi connectivity index (χ4n) is 6.03. The van der Waals surface area contributed by atoms with Crippen LogP contribution >= 0.6 is 0 Å². The van der Waals surface area contributed by atoms with Crippen molar-refractivity contribution in [2.45, 2.75) is 93.8 Å². The van der Waals surface area contributed by atoms with Crippen LogP contribution in [0, 0.1) is 0 Å². The van der Waals surface area contributed by atoms with E-state index < -0.39 is 133 Å². The van der Waals surface area contributed by atoms with Gasteiger partial charge in [0.15, 0.2) is 17.1 Å². The van der Waals surface area contributed by atoms with Crippen molar-refractivity contribution in [1.82, 2.24) is 0 Å². The summed E-state index contributed by atoms with van der Waals surface area (Å²) < 4.78 is 205. The number of ether oxygens (including phenoxy) is 4. The number of hydrogen-bond donors (Lipinski definition) is 0. The predicted molar refractivity (Wildman–Crippen MR) is 276 cm³/mol. The quantitative estimate of drug-likeness (QED) is 0.0118. The largest absolute Gasteiger partial charge is 0.478 e. The first-order chi connectivity index (χ1) is 39.0. The second kappa shape index (κ2) is 32.5. The minimum Gasteiger partial charge on any atom is -0.462 e. The average molecular weight is 1250 g/mol. The number of carbonyl (C=O) groups excluding carboxylic acids is 6. The van der Waals surface area contributed by atoms with Crippen LogP contribution in [-0.4, -0.2) is 124 Å². The summed E-state index contributed by atoms with van der Waals surface area (Å²) in [5, 5.41) is -2.46. The molecule has 0 bridgehead atoms. The van der Waals surface area contributed by atoms with E-state index in [2.05, 4.69) is 63.4 Å². The summed E-state index contributed by atoms with van der Waals surface area (Å²) in [6, 6.07) is 19.1. The Balaban J connectivity index is 0.000000431. The molecule has 0 N–H and O–H groups in total. The molecule has 32 heteroatoms.